The van der Waals surface area contributed by atoms with E-state index in [0.717, 1.165) is 49.8 Å². The molecule has 2 aliphatic heterocycles. The lowest BCUT2D eigenvalue weighted by molar-refractivity contribution is -0.138. The number of ether oxygens (including phenoxy) is 1. The molecule has 0 saturated carbocycles. The molecule has 0 spiro atoms. The number of hydrogen-bond donors (Lipinski definition) is 0. The van der Waals surface area contributed by atoms with Crippen LogP contribution in [0.5, 0.6) is 0 Å². The summed E-state index contributed by atoms with van der Waals surface area (Å²) >= 11 is 1.96. The van der Waals surface area contributed by atoms with Crippen LogP contribution in [0.15, 0.2) is 22.8 Å². The Kier molecular flexibility index (Phi) is 6.02. The van der Waals surface area contributed by atoms with E-state index >= 15 is 0 Å². The largest absolute Gasteiger partial charge is 0.467 e. The van der Waals surface area contributed by atoms with Gasteiger partial charge in [-0.25, -0.2) is 0 Å². The van der Waals surface area contributed by atoms with Crippen molar-refractivity contribution < 1.29 is 13.9 Å². The molecule has 1 aromatic rings. The van der Waals surface area contributed by atoms with E-state index in [9.17, 15) is 4.79 Å². The van der Waals surface area contributed by atoms with Crippen LogP contribution in [0.4, 0.5) is 0 Å². The van der Waals surface area contributed by atoms with Gasteiger partial charge in [-0.05, 0) is 31.9 Å². The van der Waals surface area contributed by atoms with Crippen LogP contribution in [0.2, 0.25) is 0 Å². The van der Waals surface area contributed by atoms with Crippen molar-refractivity contribution in [1.82, 2.24) is 9.80 Å². The molecule has 0 bridgehead atoms. The highest BCUT2D eigenvalue weighted by molar-refractivity contribution is 7.99. The molecule has 128 valence electrons. The monoisotopic (exact) mass is 338 g/mol. The van der Waals surface area contributed by atoms with Crippen LogP contribution >= 0.6 is 11.8 Å². The molecule has 1 amide bonds. The zero-order valence-electron chi connectivity index (χ0n) is 13.8. The van der Waals surface area contributed by atoms with Gasteiger partial charge in [0.25, 0.3) is 0 Å². The van der Waals surface area contributed by atoms with Gasteiger partial charge in [0.2, 0.25) is 5.91 Å². The third kappa shape index (κ3) is 4.52. The maximum atomic E-state index is 13.0. The molecule has 2 aliphatic rings. The minimum Gasteiger partial charge on any atom is -0.467 e. The van der Waals surface area contributed by atoms with Gasteiger partial charge in [-0.15, -0.1) is 0 Å². The molecule has 0 N–H and O–H groups in total. The second kappa shape index (κ2) is 8.22. The summed E-state index contributed by atoms with van der Waals surface area (Å²) in [4.78, 5) is 17.2. The summed E-state index contributed by atoms with van der Waals surface area (Å²) in [5.74, 6) is 3.24. The Morgan fingerprint density at radius 1 is 1.48 bits per heavy atom. The second-order valence-electron chi connectivity index (χ2n) is 6.26. The molecule has 2 atom stereocenters. The van der Waals surface area contributed by atoms with Gasteiger partial charge in [-0.2, -0.15) is 11.8 Å². The molecule has 2 saturated heterocycles. The van der Waals surface area contributed by atoms with Gasteiger partial charge >= 0.3 is 0 Å². The number of carbonyl (C=O) groups excluding carboxylic acids is 1. The van der Waals surface area contributed by atoms with Gasteiger partial charge in [0, 0.05) is 37.7 Å². The van der Waals surface area contributed by atoms with E-state index < -0.39 is 0 Å². The predicted octanol–water partition coefficient (Wildman–Crippen LogP) is 2.22. The first-order chi connectivity index (χ1) is 11.2. The lowest BCUT2D eigenvalue weighted by atomic mass is 10.2. The molecule has 5 nitrogen and oxygen atoms in total. The third-order valence-corrected chi connectivity index (χ3v) is 5.58. The molecule has 3 heterocycles. The maximum Gasteiger partial charge on any atom is 0.240 e. The third-order valence-electron chi connectivity index (χ3n) is 4.64. The van der Waals surface area contributed by atoms with E-state index in [-0.39, 0.29) is 18.1 Å². The number of nitrogens with zero attached hydrogens (tertiary/aromatic N) is 2. The molecule has 2 unspecified atom stereocenters. The van der Waals surface area contributed by atoms with E-state index in [0.29, 0.717) is 13.1 Å². The fourth-order valence-electron chi connectivity index (χ4n) is 3.24. The van der Waals surface area contributed by atoms with Crippen molar-refractivity contribution in [2.75, 3.05) is 37.7 Å². The SMILES string of the molecule is CC(C(=O)N(Cc1ccco1)CC1CCCO1)N1CCSCC1. The molecule has 6 heteroatoms. The topological polar surface area (TPSA) is 45.9 Å². The number of thioether (sulfide) groups is 1. The summed E-state index contributed by atoms with van der Waals surface area (Å²) in [7, 11) is 0. The van der Waals surface area contributed by atoms with Crippen molar-refractivity contribution in [3.63, 3.8) is 0 Å². The average Bonchev–Trinajstić information content (AvgIpc) is 3.27. The smallest absolute Gasteiger partial charge is 0.240 e. The van der Waals surface area contributed by atoms with Gasteiger partial charge in [0.05, 0.1) is 25.0 Å². The van der Waals surface area contributed by atoms with E-state index in [1.807, 2.05) is 35.7 Å². The van der Waals surface area contributed by atoms with Gasteiger partial charge in [-0.1, -0.05) is 0 Å². The average molecular weight is 338 g/mol. The minimum absolute atomic E-state index is 0.0766. The molecule has 3 rings (SSSR count). The molecule has 0 aliphatic carbocycles. The summed E-state index contributed by atoms with van der Waals surface area (Å²) in [5, 5.41) is 0. The Labute approximate surface area is 142 Å². The molecular formula is C17H26N2O3S. The summed E-state index contributed by atoms with van der Waals surface area (Å²) in [5.41, 5.74) is 0. The van der Waals surface area contributed by atoms with E-state index in [1.54, 1.807) is 6.26 Å². The van der Waals surface area contributed by atoms with Crippen molar-refractivity contribution in [3.05, 3.63) is 24.2 Å². The highest BCUT2D eigenvalue weighted by Crippen LogP contribution is 2.19. The summed E-state index contributed by atoms with van der Waals surface area (Å²) < 4.78 is 11.2. The zero-order valence-corrected chi connectivity index (χ0v) is 14.6. The first-order valence-electron chi connectivity index (χ1n) is 8.48. The van der Waals surface area contributed by atoms with Crippen molar-refractivity contribution in [2.24, 2.45) is 0 Å². The summed E-state index contributed by atoms with van der Waals surface area (Å²) in [6.45, 7) is 6.01. The zero-order chi connectivity index (χ0) is 16.1. The summed E-state index contributed by atoms with van der Waals surface area (Å²) in [6.07, 6.45) is 3.95. The fraction of sp³-hybridized carbons (Fsp3) is 0.706. The van der Waals surface area contributed by atoms with E-state index in [2.05, 4.69) is 4.90 Å². The maximum absolute atomic E-state index is 13.0. The van der Waals surface area contributed by atoms with Crippen LogP contribution in [0.25, 0.3) is 0 Å². The molecule has 23 heavy (non-hydrogen) atoms. The van der Waals surface area contributed by atoms with E-state index in [4.69, 9.17) is 9.15 Å². The predicted molar refractivity (Wildman–Crippen MR) is 91.5 cm³/mol. The Balaban J connectivity index is 1.65. The lowest BCUT2D eigenvalue weighted by Crippen LogP contribution is -2.50. The van der Waals surface area contributed by atoms with Crippen LogP contribution in [0.3, 0.4) is 0 Å². The Hall–Kier alpha value is -0.980. The molecule has 0 radical (unpaired) electrons. The van der Waals surface area contributed by atoms with Crippen LogP contribution in [-0.4, -0.2) is 65.6 Å². The molecule has 0 aromatic carbocycles. The van der Waals surface area contributed by atoms with Crippen LogP contribution in [-0.2, 0) is 16.1 Å². The van der Waals surface area contributed by atoms with Gasteiger partial charge in [-0.3, -0.25) is 9.69 Å². The van der Waals surface area contributed by atoms with Gasteiger partial charge in [0.1, 0.15) is 5.76 Å². The number of rotatable bonds is 6. The van der Waals surface area contributed by atoms with Crippen molar-refractivity contribution >= 4 is 17.7 Å². The number of carbonyl (C=O) groups is 1. The van der Waals surface area contributed by atoms with Crippen molar-refractivity contribution in [2.45, 2.75) is 38.5 Å². The van der Waals surface area contributed by atoms with Crippen LogP contribution in [0.1, 0.15) is 25.5 Å². The number of amides is 1. The van der Waals surface area contributed by atoms with Gasteiger partial charge < -0.3 is 14.1 Å². The Morgan fingerprint density at radius 2 is 2.30 bits per heavy atom. The fourth-order valence-corrected chi connectivity index (χ4v) is 4.17. The molecule has 1 aromatic heterocycles. The highest BCUT2D eigenvalue weighted by atomic mass is 32.2. The first-order valence-corrected chi connectivity index (χ1v) is 9.64. The van der Waals surface area contributed by atoms with Crippen molar-refractivity contribution in [1.29, 1.82) is 0 Å². The van der Waals surface area contributed by atoms with Crippen LogP contribution in [0, 0.1) is 0 Å². The van der Waals surface area contributed by atoms with Crippen LogP contribution < -0.4 is 0 Å². The quantitative estimate of drug-likeness (QED) is 0.796. The van der Waals surface area contributed by atoms with Gasteiger partial charge in [0.15, 0.2) is 0 Å². The minimum atomic E-state index is -0.0766. The highest BCUT2D eigenvalue weighted by Gasteiger charge is 2.30. The Bertz CT molecular complexity index is 482. The first kappa shape index (κ1) is 16.9. The normalized spacial score (nSPS) is 23.8. The molecular weight excluding hydrogens is 312 g/mol. The van der Waals surface area contributed by atoms with Crippen molar-refractivity contribution in [3.8, 4) is 0 Å². The van der Waals surface area contributed by atoms with E-state index in [1.165, 1.54) is 0 Å². The summed E-state index contributed by atoms with van der Waals surface area (Å²) in [6, 6.07) is 3.72. The standard InChI is InChI=1S/C17H26N2O3S/c1-14(18-6-10-23-11-7-18)17(20)19(12-15-4-2-8-21-15)13-16-5-3-9-22-16/h2,4,8,14,16H,3,5-7,9-13H2,1H3. The number of hydrogen-bond acceptors (Lipinski definition) is 5. The number of furan rings is 1. The second-order valence-corrected chi connectivity index (χ2v) is 7.48. The Morgan fingerprint density at radius 3 is 2.96 bits per heavy atom. The molecule has 2 fully saturated rings. The lowest BCUT2D eigenvalue weighted by Gasteiger charge is -2.35.